The number of piperidine rings is 1. The molecule has 3 aromatic rings. The summed E-state index contributed by atoms with van der Waals surface area (Å²) in [6.45, 7) is 2.46. The summed E-state index contributed by atoms with van der Waals surface area (Å²) in [7, 11) is -0.163. The van der Waals surface area contributed by atoms with Crippen LogP contribution in [0.2, 0.25) is 0 Å². The minimum atomic E-state index is -3.31. The van der Waals surface area contributed by atoms with Crippen LogP contribution in [0.4, 0.5) is 5.13 Å². The molecule has 0 saturated carbocycles. The number of sulfone groups is 1. The van der Waals surface area contributed by atoms with Crippen molar-refractivity contribution in [1.29, 1.82) is 0 Å². The van der Waals surface area contributed by atoms with Gasteiger partial charge in [0.05, 0.1) is 41.0 Å². The molecule has 2 N–H and O–H groups in total. The van der Waals surface area contributed by atoms with Gasteiger partial charge in [-0.05, 0) is 37.1 Å². The maximum absolute atomic E-state index is 13.5. The Hall–Kier alpha value is -2.69. The summed E-state index contributed by atoms with van der Waals surface area (Å²) in [5, 5.41) is 6.94. The Balaban J connectivity index is 1.63. The van der Waals surface area contributed by atoms with Gasteiger partial charge in [0.25, 0.3) is 0 Å². The van der Waals surface area contributed by atoms with Crippen LogP contribution in [-0.2, 0) is 14.6 Å². The zero-order chi connectivity index (χ0) is 24.3. The molecule has 2 unspecified atom stereocenters. The summed E-state index contributed by atoms with van der Waals surface area (Å²) in [5.41, 5.74) is 1.48. The van der Waals surface area contributed by atoms with Gasteiger partial charge < -0.3 is 20.1 Å². The predicted octanol–water partition coefficient (Wildman–Crippen LogP) is 3.97. The number of nitrogens with one attached hydrogen (secondary N) is 2. The molecule has 1 aliphatic rings. The van der Waals surface area contributed by atoms with Gasteiger partial charge in [0.15, 0.2) is 26.5 Å². The lowest BCUT2D eigenvalue weighted by Gasteiger charge is -2.30. The summed E-state index contributed by atoms with van der Waals surface area (Å²) < 4.78 is 36.0. The number of aromatic nitrogens is 1. The van der Waals surface area contributed by atoms with Crippen LogP contribution in [0.3, 0.4) is 0 Å². The second-order valence-electron chi connectivity index (χ2n) is 8.19. The molecule has 34 heavy (non-hydrogen) atoms. The fraction of sp³-hybridized carbons (Fsp3) is 0.417. The number of hydrogen-bond acceptors (Lipinski definition) is 8. The second-order valence-corrected chi connectivity index (χ2v) is 11.5. The normalized spacial score (nSPS) is 17.3. The van der Waals surface area contributed by atoms with Crippen LogP contribution in [0.1, 0.15) is 37.7 Å². The number of rotatable bonds is 8. The van der Waals surface area contributed by atoms with Crippen molar-refractivity contribution < 1.29 is 22.7 Å². The Morgan fingerprint density at radius 2 is 1.88 bits per heavy atom. The summed E-state index contributed by atoms with van der Waals surface area (Å²) in [4.78, 5) is 18.4. The van der Waals surface area contributed by atoms with E-state index in [1.54, 1.807) is 51.5 Å². The van der Waals surface area contributed by atoms with Crippen LogP contribution in [0.25, 0.3) is 10.2 Å². The number of methoxy groups -OCH3 is 2. The van der Waals surface area contributed by atoms with Gasteiger partial charge in [-0.15, -0.1) is 0 Å². The Morgan fingerprint density at radius 1 is 1.18 bits per heavy atom. The number of hydrogen-bond donors (Lipinski definition) is 2. The zero-order valence-corrected chi connectivity index (χ0v) is 21.1. The highest BCUT2D eigenvalue weighted by Crippen LogP contribution is 2.37. The molecular weight excluding hydrogens is 474 g/mol. The van der Waals surface area contributed by atoms with Crippen molar-refractivity contribution in [2.24, 2.45) is 0 Å². The molecule has 1 saturated heterocycles. The van der Waals surface area contributed by atoms with E-state index < -0.39 is 15.8 Å². The van der Waals surface area contributed by atoms with Crippen molar-refractivity contribution in [3.63, 3.8) is 0 Å². The number of fused-ring (bicyclic) bond motifs is 1. The lowest BCUT2D eigenvalue weighted by atomic mass is 9.86. The molecule has 1 amide bonds. The Kier molecular flexibility index (Phi) is 7.39. The fourth-order valence-electron chi connectivity index (χ4n) is 4.27. The maximum Gasteiger partial charge on any atom is 0.235 e. The standard InChI is InChI=1S/C24H29N3O5S2/c1-4-34(29,30)16-10-8-15(9-11-16)22(17-7-5-6-12-25-17)23(28)27-24-26-18-13-19(31-2)20(32-3)14-21(18)33-24/h8-11,13-14,17,22,25H,4-7,12H2,1-3H3,(H,26,27,28). The SMILES string of the molecule is CCS(=O)(=O)c1ccc(C(C(=O)Nc2nc3cc(OC)c(OC)cc3s2)C2CCCCN2)cc1. The lowest BCUT2D eigenvalue weighted by molar-refractivity contribution is -0.118. The first-order valence-electron chi connectivity index (χ1n) is 11.3. The minimum Gasteiger partial charge on any atom is -0.493 e. The molecule has 0 radical (unpaired) electrons. The number of nitrogens with zero attached hydrogens (tertiary/aromatic N) is 1. The highest BCUT2D eigenvalue weighted by atomic mass is 32.2. The summed E-state index contributed by atoms with van der Waals surface area (Å²) >= 11 is 1.36. The number of ether oxygens (including phenoxy) is 2. The van der Waals surface area contributed by atoms with Gasteiger partial charge in [0.1, 0.15) is 0 Å². The van der Waals surface area contributed by atoms with E-state index in [4.69, 9.17) is 9.47 Å². The number of thiazole rings is 1. The molecule has 2 aromatic carbocycles. The van der Waals surface area contributed by atoms with E-state index >= 15 is 0 Å². The molecule has 2 atom stereocenters. The van der Waals surface area contributed by atoms with E-state index in [2.05, 4.69) is 15.6 Å². The lowest BCUT2D eigenvalue weighted by Crippen LogP contribution is -2.43. The van der Waals surface area contributed by atoms with Gasteiger partial charge in [-0.1, -0.05) is 36.8 Å². The van der Waals surface area contributed by atoms with Crippen LogP contribution in [0.15, 0.2) is 41.3 Å². The van der Waals surface area contributed by atoms with Crippen molar-refractivity contribution in [3.8, 4) is 11.5 Å². The average Bonchev–Trinajstić information content (AvgIpc) is 3.25. The maximum atomic E-state index is 13.5. The van der Waals surface area contributed by atoms with E-state index in [1.165, 1.54) is 11.3 Å². The number of carbonyl (C=O) groups is 1. The molecule has 2 heterocycles. The molecule has 0 aliphatic carbocycles. The molecule has 1 aliphatic heterocycles. The Bertz CT molecular complexity index is 1220. The largest absolute Gasteiger partial charge is 0.493 e. The molecule has 1 fully saturated rings. The molecule has 1 aromatic heterocycles. The van der Waals surface area contributed by atoms with E-state index in [0.717, 1.165) is 36.1 Å². The van der Waals surface area contributed by atoms with Gasteiger partial charge in [-0.2, -0.15) is 0 Å². The van der Waals surface area contributed by atoms with Gasteiger partial charge in [0.2, 0.25) is 5.91 Å². The highest BCUT2D eigenvalue weighted by molar-refractivity contribution is 7.91. The molecule has 8 nitrogen and oxygen atoms in total. The van der Waals surface area contributed by atoms with Crippen molar-refractivity contribution in [1.82, 2.24) is 10.3 Å². The third-order valence-corrected chi connectivity index (χ3v) is 8.82. The van der Waals surface area contributed by atoms with Crippen LogP contribution in [0, 0.1) is 0 Å². The van der Waals surface area contributed by atoms with Crippen LogP contribution >= 0.6 is 11.3 Å². The number of carbonyl (C=O) groups excluding carboxylic acids is 1. The van der Waals surface area contributed by atoms with Gasteiger partial charge >= 0.3 is 0 Å². The van der Waals surface area contributed by atoms with Gasteiger partial charge in [-0.3, -0.25) is 4.79 Å². The summed E-state index contributed by atoms with van der Waals surface area (Å²) in [6, 6.07) is 10.3. The smallest absolute Gasteiger partial charge is 0.235 e. The van der Waals surface area contributed by atoms with Crippen LogP contribution < -0.4 is 20.1 Å². The fourth-order valence-corrected chi connectivity index (χ4v) is 6.03. The first kappa shape index (κ1) is 24.4. The molecule has 0 spiro atoms. The van der Waals surface area contributed by atoms with Crippen molar-refractivity contribution in [3.05, 3.63) is 42.0 Å². The summed E-state index contributed by atoms with van der Waals surface area (Å²) in [5.74, 6) is 0.555. The van der Waals surface area contributed by atoms with E-state index in [1.807, 2.05) is 6.07 Å². The minimum absolute atomic E-state index is 0.0353. The van der Waals surface area contributed by atoms with Crippen molar-refractivity contribution >= 4 is 42.4 Å². The number of anilines is 1. The van der Waals surface area contributed by atoms with E-state index in [9.17, 15) is 13.2 Å². The average molecular weight is 504 g/mol. The monoisotopic (exact) mass is 503 g/mol. The van der Waals surface area contributed by atoms with E-state index in [0.29, 0.717) is 22.1 Å². The molecule has 182 valence electrons. The highest BCUT2D eigenvalue weighted by Gasteiger charge is 2.32. The number of amides is 1. The first-order valence-corrected chi connectivity index (χ1v) is 13.7. The molecule has 0 bridgehead atoms. The Morgan fingerprint density at radius 3 is 2.50 bits per heavy atom. The third kappa shape index (κ3) is 5.03. The van der Waals surface area contributed by atoms with Crippen molar-refractivity contribution in [2.75, 3.05) is 31.8 Å². The van der Waals surface area contributed by atoms with Crippen LogP contribution in [-0.4, -0.2) is 51.9 Å². The second kappa shape index (κ2) is 10.3. The number of benzene rings is 2. The zero-order valence-electron chi connectivity index (χ0n) is 19.5. The summed E-state index contributed by atoms with van der Waals surface area (Å²) in [6.07, 6.45) is 2.96. The Labute approximate surface area is 203 Å². The van der Waals surface area contributed by atoms with Gasteiger partial charge in [-0.25, -0.2) is 13.4 Å². The van der Waals surface area contributed by atoms with Gasteiger partial charge in [0, 0.05) is 18.2 Å². The van der Waals surface area contributed by atoms with Crippen molar-refractivity contribution in [2.45, 2.75) is 43.0 Å². The molecular formula is C24H29N3O5S2. The molecule has 10 heteroatoms. The first-order chi connectivity index (χ1) is 16.4. The van der Waals surface area contributed by atoms with E-state index in [-0.39, 0.29) is 22.6 Å². The molecule has 4 rings (SSSR count). The third-order valence-electron chi connectivity index (χ3n) is 6.14. The topological polar surface area (TPSA) is 107 Å². The quantitative estimate of drug-likeness (QED) is 0.479. The predicted molar refractivity (Wildman–Crippen MR) is 134 cm³/mol. The van der Waals surface area contributed by atoms with Crippen LogP contribution in [0.5, 0.6) is 11.5 Å².